The van der Waals surface area contributed by atoms with E-state index in [9.17, 15) is 26.4 Å². The van der Waals surface area contributed by atoms with Crippen LogP contribution in [-0.4, -0.2) is 34.6 Å². The molecular weight excluding hydrogens is 457 g/mol. The van der Waals surface area contributed by atoms with Crippen LogP contribution in [0.2, 0.25) is 0 Å². The number of hydrogen-bond donors (Lipinski definition) is 1. The molecule has 0 aliphatic rings. The van der Waals surface area contributed by atoms with Gasteiger partial charge in [0.05, 0.1) is 5.75 Å². The lowest BCUT2D eigenvalue weighted by Crippen LogP contribution is -2.31. The minimum atomic E-state index is -4.61. The number of halogens is 3. The number of benzene rings is 1. The molecule has 0 aliphatic heterocycles. The summed E-state index contributed by atoms with van der Waals surface area (Å²) in [5, 5.41) is 0. The maximum absolute atomic E-state index is 13.3. The predicted molar refractivity (Wildman–Crippen MR) is 118 cm³/mol. The number of imidazole rings is 1. The molecule has 2 aromatic heterocycles. The molecule has 0 aliphatic carbocycles. The minimum absolute atomic E-state index is 0.0509. The van der Waals surface area contributed by atoms with Crippen molar-refractivity contribution in [1.82, 2.24) is 19.3 Å². The Hall–Kier alpha value is -3.47. The third-order valence-corrected chi connectivity index (χ3v) is 5.80. The van der Waals surface area contributed by atoms with Crippen molar-refractivity contribution in [2.24, 2.45) is 0 Å². The van der Waals surface area contributed by atoms with Crippen molar-refractivity contribution in [2.75, 3.05) is 5.75 Å². The third kappa shape index (κ3) is 6.07. The Morgan fingerprint density at radius 2 is 1.88 bits per heavy atom. The number of carbonyl (C=O) groups is 1. The van der Waals surface area contributed by atoms with Crippen LogP contribution in [0.4, 0.5) is 13.2 Å². The van der Waals surface area contributed by atoms with E-state index in [1.807, 2.05) is 4.72 Å². The Balaban J connectivity index is 1.88. The van der Waals surface area contributed by atoms with Gasteiger partial charge in [-0.25, -0.2) is 13.4 Å². The molecule has 174 valence electrons. The average Bonchev–Trinajstić information content (AvgIpc) is 3.20. The number of pyridine rings is 1. The van der Waals surface area contributed by atoms with Gasteiger partial charge in [0.15, 0.2) is 5.69 Å². The van der Waals surface area contributed by atoms with E-state index in [1.54, 1.807) is 62.5 Å². The SMILES string of the molecule is CCC(=O)NS(=O)(=O)CC=Cc1ccc(-n2cc(C(F)(F)F)nc2-c2cccnc2C)cc1. The lowest BCUT2D eigenvalue weighted by atomic mass is 10.1. The zero-order valence-electron chi connectivity index (χ0n) is 17.8. The Labute approximate surface area is 189 Å². The van der Waals surface area contributed by atoms with Gasteiger partial charge in [-0.15, -0.1) is 0 Å². The summed E-state index contributed by atoms with van der Waals surface area (Å²) in [6.07, 6.45) is 0.832. The van der Waals surface area contributed by atoms with Crippen LogP contribution in [0.5, 0.6) is 0 Å². The molecule has 0 bridgehead atoms. The fourth-order valence-corrected chi connectivity index (χ4v) is 3.89. The number of carbonyl (C=O) groups excluding carboxylic acids is 1. The van der Waals surface area contributed by atoms with Gasteiger partial charge in [-0.1, -0.05) is 31.2 Å². The molecule has 0 unspecified atom stereocenters. The number of amides is 1. The second-order valence-electron chi connectivity index (χ2n) is 7.11. The third-order valence-electron chi connectivity index (χ3n) is 4.63. The summed E-state index contributed by atoms with van der Waals surface area (Å²) in [6.45, 7) is 3.23. The average molecular weight is 478 g/mol. The molecule has 0 saturated carbocycles. The zero-order chi connectivity index (χ0) is 24.2. The molecule has 0 radical (unpaired) electrons. The summed E-state index contributed by atoms with van der Waals surface area (Å²) in [4.78, 5) is 19.2. The van der Waals surface area contributed by atoms with Crippen molar-refractivity contribution in [3.63, 3.8) is 0 Å². The number of nitrogens with one attached hydrogen (secondary N) is 1. The summed E-state index contributed by atoms with van der Waals surface area (Å²) in [7, 11) is -3.78. The van der Waals surface area contributed by atoms with E-state index in [0.717, 1.165) is 6.20 Å². The number of alkyl halides is 3. The summed E-state index contributed by atoms with van der Waals surface area (Å²) in [5.74, 6) is -0.874. The number of nitrogens with zero attached hydrogens (tertiary/aromatic N) is 3. The first-order valence-corrected chi connectivity index (χ1v) is 11.5. The van der Waals surface area contributed by atoms with Gasteiger partial charge in [0.2, 0.25) is 15.9 Å². The van der Waals surface area contributed by atoms with Crippen molar-refractivity contribution < 1.29 is 26.4 Å². The highest BCUT2D eigenvalue weighted by molar-refractivity contribution is 7.90. The molecule has 0 fully saturated rings. The fraction of sp³-hybridized carbons (Fsp3) is 0.227. The minimum Gasteiger partial charge on any atom is -0.299 e. The molecule has 0 saturated heterocycles. The van der Waals surface area contributed by atoms with Gasteiger partial charge in [-0.2, -0.15) is 13.2 Å². The first kappa shape index (κ1) is 24.2. The number of sulfonamides is 1. The molecule has 1 N–H and O–H groups in total. The molecule has 3 rings (SSSR count). The summed E-state index contributed by atoms with van der Waals surface area (Å²) in [6, 6.07) is 9.75. The monoisotopic (exact) mass is 478 g/mol. The highest BCUT2D eigenvalue weighted by Crippen LogP contribution is 2.33. The number of aromatic nitrogens is 3. The Morgan fingerprint density at radius 3 is 2.48 bits per heavy atom. The molecule has 1 amide bonds. The Morgan fingerprint density at radius 1 is 1.18 bits per heavy atom. The van der Waals surface area contributed by atoms with Gasteiger partial charge < -0.3 is 0 Å². The zero-order valence-corrected chi connectivity index (χ0v) is 18.6. The second-order valence-corrected chi connectivity index (χ2v) is 8.87. The van der Waals surface area contributed by atoms with E-state index in [-0.39, 0.29) is 18.0 Å². The van der Waals surface area contributed by atoms with Gasteiger partial charge >= 0.3 is 6.18 Å². The largest absolute Gasteiger partial charge is 0.434 e. The van der Waals surface area contributed by atoms with Crippen molar-refractivity contribution in [1.29, 1.82) is 0 Å². The van der Waals surface area contributed by atoms with Crippen molar-refractivity contribution in [3.8, 4) is 17.1 Å². The first-order valence-electron chi connectivity index (χ1n) is 9.89. The van der Waals surface area contributed by atoms with E-state index in [2.05, 4.69) is 9.97 Å². The predicted octanol–water partition coefficient (Wildman–Crippen LogP) is 4.13. The molecule has 7 nitrogen and oxygen atoms in total. The molecular formula is C22H21F3N4O3S. The van der Waals surface area contributed by atoms with Crippen LogP contribution in [-0.2, 0) is 21.0 Å². The van der Waals surface area contributed by atoms with E-state index in [4.69, 9.17) is 0 Å². The maximum Gasteiger partial charge on any atom is 0.434 e. The Bertz CT molecular complexity index is 1280. The number of aryl methyl sites for hydroxylation is 1. The van der Waals surface area contributed by atoms with Crippen molar-refractivity contribution >= 4 is 22.0 Å². The quantitative estimate of drug-likeness (QED) is 0.551. The van der Waals surface area contributed by atoms with Gasteiger partial charge in [-0.05, 0) is 36.8 Å². The van der Waals surface area contributed by atoms with Gasteiger partial charge in [0.1, 0.15) is 5.82 Å². The first-order chi connectivity index (χ1) is 15.5. The summed E-state index contributed by atoms with van der Waals surface area (Å²) in [5.41, 5.74) is 1.05. The van der Waals surface area contributed by atoms with E-state index >= 15 is 0 Å². The summed E-state index contributed by atoms with van der Waals surface area (Å²) >= 11 is 0. The van der Waals surface area contributed by atoms with Gasteiger partial charge in [0, 0.05) is 35.8 Å². The number of rotatable bonds is 7. The maximum atomic E-state index is 13.3. The van der Waals surface area contributed by atoms with Crippen LogP contribution in [0.25, 0.3) is 23.2 Å². The van der Waals surface area contributed by atoms with Crippen molar-refractivity contribution in [3.05, 3.63) is 71.8 Å². The van der Waals surface area contributed by atoms with Gasteiger partial charge in [-0.3, -0.25) is 19.1 Å². The van der Waals surface area contributed by atoms with Crippen LogP contribution in [0.1, 0.15) is 30.3 Å². The number of hydrogen-bond acceptors (Lipinski definition) is 5. The lowest BCUT2D eigenvalue weighted by Gasteiger charge is -2.09. The fourth-order valence-electron chi connectivity index (χ4n) is 2.97. The lowest BCUT2D eigenvalue weighted by molar-refractivity contribution is -0.140. The highest BCUT2D eigenvalue weighted by Gasteiger charge is 2.35. The molecule has 1 aromatic carbocycles. The second kappa shape index (κ2) is 9.57. The summed E-state index contributed by atoms with van der Waals surface area (Å²) < 4.78 is 66.9. The van der Waals surface area contributed by atoms with Crippen LogP contribution in [0.3, 0.4) is 0 Å². The normalized spacial score (nSPS) is 12.3. The molecule has 11 heteroatoms. The van der Waals surface area contributed by atoms with E-state index in [1.165, 1.54) is 10.6 Å². The molecule has 2 heterocycles. The van der Waals surface area contributed by atoms with E-state index in [0.29, 0.717) is 22.5 Å². The van der Waals surface area contributed by atoms with E-state index < -0.39 is 27.8 Å². The molecule has 0 atom stereocenters. The smallest absolute Gasteiger partial charge is 0.299 e. The van der Waals surface area contributed by atoms with Crippen molar-refractivity contribution in [2.45, 2.75) is 26.4 Å². The molecule has 0 spiro atoms. The van der Waals surface area contributed by atoms with Crippen LogP contribution in [0, 0.1) is 6.92 Å². The van der Waals surface area contributed by atoms with Crippen LogP contribution in [0.15, 0.2) is 54.9 Å². The highest BCUT2D eigenvalue weighted by atomic mass is 32.2. The molecule has 3 aromatic rings. The Kier molecular flexibility index (Phi) is 7.01. The molecule has 33 heavy (non-hydrogen) atoms. The topological polar surface area (TPSA) is 94.0 Å². The van der Waals surface area contributed by atoms with Crippen LogP contribution >= 0.6 is 0 Å². The standard InChI is InChI=1S/C22H21F3N4O3S/c1-3-20(30)28-33(31,32)13-5-6-16-8-10-17(11-9-16)29-14-19(22(23,24)25)27-21(29)18-7-4-12-26-15(18)2/h4-12,14H,3,13H2,1-2H3,(H,28,30). The van der Waals surface area contributed by atoms with Crippen LogP contribution < -0.4 is 4.72 Å². The van der Waals surface area contributed by atoms with Gasteiger partial charge in [0.25, 0.3) is 0 Å².